The fourth-order valence-electron chi connectivity index (χ4n) is 3.01. The average molecular weight is 403 g/mol. The molecule has 7 heteroatoms. The van der Waals surface area contributed by atoms with Gasteiger partial charge in [-0.15, -0.1) is 12.4 Å². The number of nitrogens with zero attached hydrogens (tertiary/aromatic N) is 1. The van der Waals surface area contributed by atoms with Crippen LogP contribution in [0.25, 0.3) is 0 Å². The Labute approximate surface area is 163 Å². The fraction of sp³-hybridized carbons (Fsp3) is 0.632. The third-order valence-corrected chi connectivity index (χ3v) is 6.83. The second kappa shape index (κ2) is 10.9. The SMILES string of the molecule is CC(C)S(=O)(=O)c1ccc(CC(=O)NCCCCN2CCCC2)cc1.Cl. The molecule has 0 radical (unpaired) electrons. The van der Waals surface area contributed by atoms with E-state index in [1.54, 1.807) is 38.1 Å². The van der Waals surface area contributed by atoms with E-state index in [2.05, 4.69) is 10.2 Å². The zero-order valence-electron chi connectivity index (χ0n) is 15.7. The molecule has 0 spiro atoms. The van der Waals surface area contributed by atoms with Crippen molar-refractivity contribution in [3.63, 3.8) is 0 Å². The Hall–Kier alpha value is -1.11. The number of unbranched alkanes of at least 4 members (excludes halogenated alkanes) is 1. The van der Waals surface area contributed by atoms with Crippen LogP contribution in [-0.2, 0) is 21.1 Å². The van der Waals surface area contributed by atoms with E-state index in [4.69, 9.17) is 0 Å². The van der Waals surface area contributed by atoms with Gasteiger partial charge in [-0.05, 0) is 76.9 Å². The Morgan fingerprint density at radius 3 is 2.31 bits per heavy atom. The zero-order chi connectivity index (χ0) is 18.3. The molecule has 5 nitrogen and oxygen atoms in total. The van der Waals surface area contributed by atoms with Crippen molar-refractivity contribution in [3.8, 4) is 0 Å². The van der Waals surface area contributed by atoms with Gasteiger partial charge in [0.05, 0.1) is 16.6 Å². The van der Waals surface area contributed by atoms with E-state index in [1.165, 1.54) is 25.9 Å². The summed E-state index contributed by atoms with van der Waals surface area (Å²) in [7, 11) is -3.25. The van der Waals surface area contributed by atoms with Crippen molar-refractivity contribution in [1.82, 2.24) is 10.2 Å². The van der Waals surface area contributed by atoms with Gasteiger partial charge >= 0.3 is 0 Å². The molecule has 0 bridgehead atoms. The first kappa shape index (κ1) is 22.9. The predicted octanol–water partition coefficient (Wildman–Crippen LogP) is 2.83. The fourth-order valence-corrected chi connectivity index (χ4v) is 4.07. The van der Waals surface area contributed by atoms with Crippen molar-refractivity contribution in [1.29, 1.82) is 0 Å². The van der Waals surface area contributed by atoms with E-state index in [9.17, 15) is 13.2 Å². The number of halogens is 1. The maximum Gasteiger partial charge on any atom is 0.224 e. The summed E-state index contributed by atoms with van der Waals surface area (Å²) in [6, 6.07) is 6.63. The van der Waals surface area contributed by atoms with Crippen LogP contribution in [0.1, 0.15) is 45.1 Å². The molecule has 1 aromatic rings. The first-order valence-corrected chi connectivity index (χ1v) is 10.8. The van der Waals surface area contributed by atoms with Gasteiger partial charge in [-0.1, -0.05) is 12.1 Å². The predicted molar refractivity (Wildman–Crippen MR) is 108 cm³/mol. The first-order chi connectivity index (χ1) is 11.9. The van der Waals surface area contributed by atoms with E-state index in [-0.39, 0.29) is 24.7 Å². The first-order valence-electron chi connectivity index (χ1n) is 9.21. The van der Waals surface area contributed by atoms with Crippen molar-refractivity contribution in [2.45, 2.75) is 56.1 Å². The number of benzene rings is 1. The second-order valence-electron chi connectivity index (χ2n) is 7.02. The Morgan fingerprint density at radius 2 is 1.73 bits per heavy atom. The van der Waals surface area contributed by atoms with Crippen LogP contribution in [0.3, 0.4) is 0 Å². The van der Waals surface area contributed by atoms with E-state index in [0.29, 0.717) is 11.4 Å². The number of likely N-dealkylation sites (tertiary alicyclic amines) is 1. The second-order valence-corrected chi connectivity index (χ2v) is 9.52. The molecule has 1 aliphatic heterocycles. The Bertz CT molecular complexity index is 654. The maximum absolute atomic E-state index is 12.1. The lowest BCUT2D eigenvalue weighted by Crippen LogP contribution is -2.27. The number of rotatable bonds is 9. The molecule has 148 valence electrons. The number of hydrogen-bond donors (Lipinski definition) is 1. The number of nitrogens with one attached hydrogen (secondary N) is 1. The standard InChI is InChI=1S/C19H30N2O3S.ClH/c1-16(2)25(23,24)18-9-7-17(8-10-18)15-19(22)20-11-3-4-12-21-13-5-6-14-21;/h7-10,16H,3-6,11-15H2,1-2H3,(H,20,22);1H. The molecular formula is C19H31ClN2O3S. The summed E-state index contributed by atoms with van der Waals surface area (Å²) < 4.78 is 24.2. The monoisotopic (exact) mass is 402 g/mol. The van der Waals surface area contributed by atoms with Crippen LogP contribution in [0.15, 0.2) is 29.2 Å². The Kier molecular flexibility index (Phi) is 9.61. The number of amides is 1. The number of carbonyl (C=O) groups is 1. The lowest BCUT2D eigenvalue weighted by Gasteiger charge is -2.14. The molecule has 0 aliphatic carbocycles. The Morgan fingerprint density at radius 1 is 1.12 bits per heavy atom. The topological polar surface area (TPSA) is 66.5 Å². The minimum Gasteiger partial charge on any atom is -0.356 e. The highest BCUT2D eigenvalue weighted by Crippen LogP contribution is 2.16. The average Bonchev–Trinajstić information content (AvgIpc) is 3.08. The highest BCUT2D eigenvalue weighted by molar-refractivity contribution is 7.92. The largest absolute Gasteiger partial charge is 0.356 e. The summed E-state index contributed by atoms with van der Waals surface area (Å²) in [5.41, 5.74) is 0.831. The lowest BCUT2D eigenvalue weighted by atomic mass is 10.1. The van der Waals surface area contributed by atoms with E-state index < -0.39 is 15.1 Å². The van der Waals surface area contributed by atoms with Gasteiger partial charge in [0.1, 0.15) is 0 Å². The summed E-state index contributed by atoms with van der Waals surface area (Å²) in [4.78, 5) is 14.8. The van der Waals surface area contributed by atoms with Gasteiger partial charge in [0.15, 0.2) is 9.84 Å². The number of sulfone groups is 1. The van der Waals surface area contributed by atoms with Crippen molar-refractivity contribution < 1.29 is 13.2 Å². The van der Waals surface area contributed by atoms with Crippen LogP contribution >= 0.6 is 12.4 Å². The van der Waals surface area contributed by atoms with Gasteiger partial charge in [-0.3, -0.25) is 4.79 Å². The molecule has 0 unspecified atom stereocenters. The summed E-state index contributed by atoms with van der Waals surface area (Å²) in [5.74, 6) is -0.0133. The van der Waals surface area contributed by atoms with Crippen LogP contribution in [-0.4, -0.2) is 50.7 Å². The molecule has 26 heavy (non-hydrogen) atoms. The van der Waals surface area contributed by atoms with E-state index in [1.807, 2.05) is 0 Å². The van der Waals surface area contributed by atoms with Gasteiger partial charge in [-0.2, -0.15) is 0 Å². The highest BCUT2D eigenvalue weighted by atomic mass is 35.5. The van der Waals surface area contributed by atoms with E-state index >= 15 is 0 Å². The molecular weight excluding hydrogens is 372 g/mol. The van der Waals surface area contributed by atoms with Gasteiger partial charge in [0.2, 0.25) is 5.91 Å². The normalized spacial score (nSPS) is 15.0. The molecule has 1 saturated heterocycles. The highest BCUT2D eigenvalue weighted by Gasteiger charge is 2.18. The molecule has 0 atom stereocenters. The molecule has 0 saturated carbocycles. The molecule has 1 fully saturated rings. The van der Waals surface area contributed by atoms with Gasteiger partial charge in [0, 0.05) is 6.54 Å². The molecule has 1 aliphatic rings. The van der Waals surface area contributed by atoms with Crippen LogP contribution in [0.5, 0.6) is 0 Å². The van der Waals surface area contributed by atoms with E-state index in [0.717, 1.165) is 24.9 Å². The van der Waals surface area contributed by atoms with Gasteiger partial charge < -0.3 is 10.2 Å². The summed E-state index contributed by atoms with van der Waals surface area (Å²) in [6.07, 6.45) is 5.02. The van der Waals surface area contributed by atoms with Gasteiger partial charge in [-0.25, -0.2) is 8.42 Å². The van der Waals surface area contributed by atoms with Crippen LogP contribution in [0.4, 0.5) is 0 Å². The van der Waals surface area contributed by atoms with Crippen LogP contribution in [0.2, 0.25) is 0 Å². The maximum atomic E-state index is 12.1. The molecule has 1 heterocycles. The van der Waals surface area contributed by atoms with Crippen LogP contribution in [0, 0.1) is 0 Å². The van der Waals surface area contributed by atoms with Crippen molar-refractivity contribution in [2.24, 2.45) is 0 Å². The molecule has 1 N–H and O–H groups in total. The molecule has 1 amide bonds. The minimum atomic E-state index is -3.25. The Balaban J connectivity index is 0.00000338. The third kappa shape index (κ3) is 6.89. The minimum absolute atomic E-state index is 0. The zero-order valence-corrected chi connectivity index (χ0v) is 17.4. The number of carbonyl (C=O) groups excluding carboxylic acids is 1. The molecule has 1 aromatic carbocycles. The van der Waals surface area contributed by atoms with Crippen molar-refractivity contribution in [2.75, 3.05) is 26.2 Å². The van der Waals surface area contributed by atoms with Gasteiger partial charge in [0.25, 0.3) is 0 Å². The molecule has 2 rings (SSSR count). The van der Waals surface area contributed by atoms with Crippen LogP contribution < -0.4 is 5.32 Å². The molecule has 0 aromatic heterocycles. The third-order valence-electron chi connectivity index (χ3n) is 4.66. The summed E-state index contributed by atoms with van der Waals surface area (Å²) in [6.45, 7) is 7.60. The van der Waals surface area contributed by atoms with Crippen molar-refractivity contribution >= 4 is 28.2 Å². The quantitative estimate of drug-likeness (QED) is 0.645. The lowest BCUT2D eigenvalue weighted by molar-refractivity contribution is -0.120. The summed E-state index contributed by atoms with van der Waals surface area (Å²) >= 11 is 0. The smallest absolute Gasteiger partial charge is 0.224 e. The number of hydrogen-bond acceptors (Lipinski definition) is 4. The summed E-state index contributed by atoms with van der Waals surface area (Å²) in [5, 5.41) is 2.50. The van der Waals surface area contributed by atoms with Crippen molar-refractivity contribution in [3.05, 3.63) is 29.8 Å².